The van der Waals surface area contributed by atoms with E-state index in [9.17, 15) is 15.8 Å². The highest BCUT2D eigenvalue weighted by molar-refractivity contribution is 6.20. The number of hydrogen-bond donors (Lipinski definition) is 0. The smallest absolute Gasteiger partial charge is 0.122 e. The van der Waals surface area contributed by atoms with Crippen LogP contribution in [0.1, 0.15) is 16.7 Å². The molecular formula is C40H21N7. The van der Waals surface area contributed by atoms with Crippen LogP contribution in [0.15, 0.2) is 127 Å². The Morgan fingerprint density at radius 1 is 0.511 bits per heavy atom. The second-order valence-electron chi connectivity index (χ2n) is 11.1. The lowest BCUT2D eigenvalue weighted by Crippen LogP contribution is -1.97. The van der Waals surface area contributed by atoms with Crippen molar-refractivity contribution in [2.24, 2.45) is 0 Å². The summed E-state index contributed by atoms with van der Waals surface area (Å²) in [5, 5.41) is 41.5. The molecule has 0 aliphatic rings. The molecule has 0 radical (unpaired) electrons. The number of hydrogen-bond acceptors (Lipinski definition) is 6. The largest absolute Gasteiger partial charge is 0.247 e. The molecule has 7 heteroatoms. The fourth-order valence-electron chi connectivity index (χ4n) is 6.16. The van der Waals surface area contributed by atoms with Gasteiger partial charge in [-0.15, -0.1) is 10.2 Å². The fraction of sp³-hybridized carbons (Fsp3) is 0. The van der Waals surface area contributed by atoms with Crippen molar-refractivity contribution in [2.45, 2.75) is 0 Å². The van der Waals surface area contributed by atoms with Gasteiger partial charge >= 0.3 is 0 Å². The molecule has 0 N–H and O–H groups in total. The summed E-state index contributed by atoms with van der Waals surface area (Å²) in [5.74, 6) is 0. The van der Waals surface area contributed by atoms with E-state index in [2.05, 4.69) is 48.5 Å². The first kappa shape index (κ1) is 27.4. The third-order valence-corrected chi connectivity index (χ3v) is 8.38. The van der Waals surface area contributed by atoms with Crippen LogP contribution in [0, 0.1) is 34.0 Å². The van der Waals surface area contributed by atoms with E-state index in [1.165, 1.54) is 12.1 Å². The third-order valence-electron chi connectivity index (χ3n) is 8.38. The Labute approximate surface area is 269 Å². The zero-order valence-corrected chi connectivity index (χ0v) is 24.8. The topological polar surface area (TPSA) is 115 Å². The van der Waals surface area contributed by atoms with Crippen LogP contribution in [0.3, 0.4) is 0 Å². The number of pyridine rings is 1. The minimum atomic E-state index is 0.287. The van der Waals surface area contributed by atoms with Crippen LogP contribution in [-0.4, -0.2) is 20.0 Å². The van der Waals surface area contributed by atoms with Crippen molar-refractivity contribution in [3.05, 3.63) is 144 Å². The van der Waals surface area contributed by atoms with Gasteiger partial charge in [-0.3, -0.25) is 0 Å². The second kappa shape index (κ2) is 11.1. The highest BCUT2D eigenvalue weighted by Gasteiger charge is 2.17. The van der Waals surface area contributed by atoms with Gasteiger partial charge in [0.05, 0.1) is 51.8 Å². The normalized spacial score (nSPS) is 10.9. The van der Waals surface area contributed by atoms with E-state index in [1.54, 1.807) is 4.80 Å². The van der Waals surface area contributed by atoms with Crippen molar-refractivity contribution < 1.29 is 0 Å². The molecule has 7 nitrogen and oxygen atoms in total. The predicted molar refractivity (Wildman–Crippen MR) is 182 cm³/mol. The zero-order valence-electron chi connectivity index (χ0n) is 24.8. The third kappa shape index (κ3) is 4.62. The van der Waals surface area contributed by atoms with Gasteiger partial charge in [0.25, 0.3) is 0 Å². The van der Waals surface area contributed by atoms with Crippen molar-refractivity contribution in [3.63, 3.8) is 0 Å². The van der Waals surface area contributed by atoms with E-state index in [0.29, 0.717) is 16.7 Å². The number of nitriles is 3. The van der Waals surface area contributed by atoms with Crippen LogP contribution >= 0.6 is 0 Å². The first-order valence-corrected chi connectivity index (χ1v) is 14.9. The SMILES string of the molecule is N#Cc1cc(C#N)c(-c2ccc(-c3ccc(-c4nc5ccccc5c5c4ccc4nn(-c6ccccc6)nc45)cc3)cc2)c(C#N)c1. The summed E-state index contributed by atoms with van der Waals surface area (Å²) in [7, 11) is 0. The van der Waals surface area contributed by atoms with E-state index in [-0.39, 0.29) is 5.56 Å². The van der Waals surface area contributed by atoms with Crippen molar-refractivity contribution in [3.8, 4) is 57.4 Å². The maximum atomic E-state index is 9.72. The summed E-state index contributed by atoms with van der Waals surface area (Å²) in [6.45, 7) is 0. The van der Waals surface area contributed by atoms with Crippen LogP contribution in [0.25, 0.3) is 71.9 Å². The maximum absolute atomic E-state index is 9.72. The van der Waals surface area contributed by atoms with Crippen LogP contribution in [0.5, 0.6) is 0 Å². The Morgan fingerprint density at radius 3 is 1.79 bits per heavy atom. The van der Waals surface area contributed by atoms with E-state index < -0.39 is 0 Å². The van der Waals surface area contributed by atoms with Crippen molar-refractivity contribution in [1.82, 2.24) is 20.0 Å². The molecule has 0 saturated carbocycles. The lowest BCUT2D eigenvalue weighted by Gasteiger charge is -2.12. The minimum Gasteiger partial charge on any atom is -0.247 e. The van der Waals surface area contributed by atoms with Gasteiger partial charge in [0.15, 0.2) is 0 Å². The van der Waals surface area contributed by atoms with Crippen LogP contribution < -0.4 is 0 Å². The van der Waals surface area contributed by atoms with Gasteiger partial charge in [0.2, 0.25) is 0 Å². The number of nitrogens with zero attached hydrogens (tertiary/aromatic N) is 7. The van der Waals surface area contributed by atoms with E-state index in [4.69, 9.17) is 15.2 Å². The standard InChI is InChI=1S/C40H21N7/c41-22-25-20-30(23-42)37(31(21-25)24-43)28-14-10-26(11-15-28)27-12-16-29(17-13-27)39-34-18-19-36-40(38(34)33-8-4-5-9-35(33)44-39)46-47(45-36)32-6-2-1-3-7-32/h1-21H. The molecule has 0 aliphatic heterocycles. The summed E-state index contributed by atoms with van der Waals surface area (Å²) in [6, 6.07) is 47.5. The molecule has 8 aromatic rings. The van der Waals surface area contributed by atoms with Crippen LogP contribution in [0.2, 0.25) is 0 Å². The average Bonchev–Trinajstić information content (AvgIpc) is 3.59. The van der Waals surface area contributed by atoms with Crippen molar-refractivity contribution >= 4 is 32.7 Å². The number of rotatable bonds is 4. The molecule has 0 unspecified atom stereocenters. The summed E-state index contributed by atoms with van der Waals surface area (Å²) >= 11 is 0. The molecule has 6 aromatic carbocycles. The summed E-state index contributed by atoms with van der Waals surface area (Å²) in [5.41, 5.74) is 9.41. The highest BCUT2D eigenvalue weighted by Crippen LogP contribution is 2.37. The molecule has 2 heterocycles. The number of benzene rings is 6. The first-order chi connectivity index (χ1) is 23.1. The van der Waals surface area contributed by atoms with Gasteiger partial charge in [0, 0.05) is 27.3 Å². The van der Waals surface area contributed by atoms with Gasteiger partial charge in [-0.2, -0.15) is 20.6 Å². The lowest BCUT2D eigenvalue weighted by molar-refractivity contribution is 0.766. The second-order valence-corrected chi connectivity index (χ2v) is 11.1. The van der Waals surface area contributed by atoms with E-state index >= 15 is 0 Å². The maximum Gasteiger partial charge on any atom is 0.122 e. The van der Waals surface area contributed by atoms with Crippen molar-refractivity contribution in [1.29, 1.82) is 15.8 Å². The average molecular weight is 600 g/mol. The van der Waals surface area contributed by atoms with E-state index in [1.807, 2.05) is 84.9 Å². The van der Waals surface area contributed by atoms with Gasteiger partial charge in [-0.25, -0.2) is 4.98 Å². The summed E-state index contributed by atoms with van der Waals surface area (Å²) in [4.78, 5) is 6.79. The Hall–Kier alpha value is -7.14. The van der Waals surface area contributed by atoms with Gasteiger partial charge in [-0.05, 0) is 59.2 Å². The molecular weight excluding hydrogens is 578 g/mol. The highest BCUT2D eigenvalue weighted by atomic mass is 15.5. The van der Waals surface area contributed by atoms with Gasteiger partial charge in [0.1, 0.15) is 11.0 Å². The molecule has 0 spiro atoms. The Morgan fingerprint density at radius 2 is 1.13 bits per heavy atom. The van der Waals surface area contributed by atoms with Gasteiger partial charge < -0.3 is 0 Å². The summed E-state index contributed by atoms with van der Waals surface area (Å²) < 4.78 is 0. The Balaban J connectivity index is 1.20. The number of fused-ring (bicyclic) bond motifs is 5. The molecule has 0 amide bonds. The fourth-order valence-corrected chi connectivity index (χ4v) is 6.16. The number of para-hydroxylation sites is 2. The molecule has 8 rings (SSSR count). The molecule has 47 heavy (non-hydrogen) atoms. The predicted octanol–water partition coefficient (Wildman–Crippen LogP) is 8.74. The van der Waals surface area contributed by atoms with Gasteiger partial charge in [-0.1, -0.05) is 84.9 Å². The van der Waals surface area contributed by atoms with Crippen LogP contribution in [0.4, 0.5) is 0 Å². The van der Waals surface area contributed by atoms with E-state index in [0.717, 1.165) is 66.3 Å². The number of aromatic nitrogens is 4. The Kier molecular flexibility index (Phi) is 6.47. The summed E-state index contributed by atoms with van der Waals surface area (Å²) in [6.07, 6.45) is 0. The minimum absolute atomic E-state index is 0.287. The molecule has 0 aliphatic carbocycles. The first-order valence-electron chi connectivity index (χ1n) is 14.9. The Bertz CT molecular complexity index is 2600. The molecule has 0 atom stereocenters. The lowest BCUT2D eigenvalue weighted by atomic mass is 9.92. The van der Waals surface area contributed by atoms with Crippen LogP contribution in [-0.2, 0) is 0 Å². The zero-order chi connectivity index (χ0) is 31.9. The molecule has 0 bridgehead atoms. The molecule has 2 aromatic heterocycles. The quantitative estimate of drug-likeness (QED) is 0.187. The van der Waals surface area contributed by atoms with Crippen molar-refractivity contribution in [2.75, 3.05) is 0 Å². The monoisotopic (exact) mass is 599 g/mol. The molecule has 216 valence electrons. The molecule has 0 fully saturated rings. The molecule has 0 saturated heterocycles.